The molecule has 6 nitrogen and oxygen atoms in total. The lowest BCUT2D eigenvalue weighted by atomic mass is 10.2. The van der Waals surface area contributed by atoms with Crippen molar-refractivity contribution in [1.82, 2.24) is 5.32 Å². The van der Waals surface area contributed by atoms with Crippen LogP contribution in [-0.2, 0) is 14.3 Å². The van der Waals surface area contributed by atoms with Gasteiger partial charge in [0.25, 0.3) is 5.91 Å². The summed E-state index contributed by atoms with van der Waals surface area (Å²) < 4.78 is 10.2. The van der Waals surface area contributed by atoms with Crippen LogP contribution in [0.1, 0.15) is 19.4 Å². The Balaban J connectivity index is 2.54. The Morgan fingerprint density at radius 1 is 1.38 bits per heavy atom. The minimum absolute atomic E-state index is 0.186. The van der Waals surface area contributed by atoms with Gasteiger partial charge in [-0.2, -0.15) is 0 Å². The van der Waals surface area contributed by atoms with E-state index in [1.807, 2.05) is 0 Å². The predicted molar refractivity (Wildman–Crippen MR) is 82.1 cm³/mol. The van der Waals surface area contributed by atoms with Gasteiger partial charge in [0.2, 0.25) is 0 Å². The van der Waals surface area contributed by atoms with Gasteiger partial charge in [-0.15, -0.1) is 0 Å². The van der Waals surface area contributed by atoms with E-state index in [2.05, 4.69) is 5.32 Å². The fourth-order valence-electron chi connectivity index (χ4n) is 1.55. The van der Waals surface area contributed by atoms with Crippen molar-refractivity contribution in [1.29, 1.82) is 0 Å². The first-order valence-electron chi connectivity index (χ1n) is 6.43. The van der Waals surface area contributed by atoms with E-state index in [0.717, 1.165) is 0 Å². The number of nitrogens with one attached hydrogen (secondary N) is 1. The third-order valence-corrected chi connectivity index (χ3v) is 2.75. The lowest BCUT2D eigenvalue weighted by Gasteiger charge is -2.14. The van der Waals surface area contributed by atoms with E-state index in [1.165, 1.54) is 0 Å². The van der Waals surface area contributed by atoms with Crippen molar-refractivity contribution in [3.63, 3.8) is 0 Å². The highest BCUT2D eigenvalue weighted by Crippen LogP contribution is 2.17. The number of thiocarbonyl (C=S) groups is 1. The summed E-state index contributed by atoms with van der Waals surface area (Å²) in [5.74, 6) is -0.508. The van der Waals surface area contributed by atoms with Gasteiger partial charge in [-0.3, -0.25) is 4.79 Å². The van der Waals surface area contributed by atoms with Crippen molar-refractivity contribution in [2.75, 3.05) is 13.2 Å². The molecule has 0 radical (unpaired) electrons. The first kappa shape index (κ1) is 16.9. The van der Waals surface area contributed by atoms with Crippen LogP contribution in [0, 0.1) is 0 Å². The number of carbonyl (C=O) groups excluding carboxylic acids is 2. The average molecular weight is 310 g/mol. The molecule has 0 aliphatic carbocycles. The summed E-state index contributed by atoms with van der Waals surface area (Å²) in [6.07, 6.45) is 0. The largest absolute Gasteiger partial charge is 0.483 e. The SMILES string of the molecule is CCOC(=O)C(C)NC(=O)COc1ccccc1C(N)=S. The average Bonchev–Trinajstić information content (AvgIpc) is 2.45. The van der Waals surface area contributed by atoms with E-state index in [-0.39, 0.29) is 18.2 Å². The molecule has 0 aliphatic rings. The van der Waals surface area contributed by atoms with Gasteiger partial charge >= 0.3 is 5.97 Å². The van der Waals surface area contributed by atoms with Crippen LogP contribution in [0.25, 0.3) is 0 Å². The quantitative estimate of drug-likeness (QED) is 0.571. The molecule has 114 valence electrons. The van der Waals surface area contributed by atoms with Gasteiger partial charge in [-0.05, 0) is 26.0 Å². The number of carbonyl (C=O) groups is 2. The first-order valence-corrected chi connectivity index (χ1v) is 6.84. The maximum Gasteiger partial charge on any atom is 0.328 e. The Kier molecular flexibility index (Phi) is 6.61. The monoisotopic (exact) mass is 310 g/mol. The van der Waals surface area contributed by atoms with Crippen LogP contribution < -0.4 is 15.8 Å². The molecule has 1 rings (SSSR count). The lowest BCUT2D eigenvalue weighted by molar-refractivity contribution is -0.147. The summed E-state index contributed by atoms with van der Waals surface area (Å²) in [4.78, 5) is 23.3. The molecule has 1 unspecified atom stereocenters. The zero-order chi connectivity index (χ0) is 15.8. The third kappa shape index (κ3) is 5.39. The highest BCUT2D eigenvalue weighted by atomic mass is 32.1. The summed E-state index contributed by atoms with van der Waals surface area (Å²) in [7, 11) is 0. The minimum atomic E-state index is -0.730. The predicted octanol–water partition coefficient (Wildman–Crippen LogP) is 0.767. The Labute approximate surface area is 128 Å². The van der Waals surface area contributed by atoms with E-state index in [9.17, 15) is 9.59 Å². The van der Waals surface area contributed by atoms with E-state index >= 15 is 0 Å². The highest BCUT2D eigenvalue weighted by molar-refractivity contribution is 7.80. The molecule has 0 heterocycles. The molecule has 0 saturated carbocycles. The van der Waals surface area contributed by atoms with Gasteiger partial charge in [0, 0.05) is 0 Å². The molecule has 7 heteroatoms. The smallest absolute Gasteiger partial charge is 0.328 e. The second-order valence-corrected chi connectivity index (χ2v) is 4.63. The van der Waals surface area contributed by atoms with Crippen LogP contribution in [0.15, 0.2) is 24.3 Å². The number of para-hydroxylation sites is 1. The van der Waals surface area contributed by atoms with Crippen LogP contribution in [0.5, 0.6) is 5.75 Å². The summed E-state index contributed by atoms with van der Waals surface area (Å²) in [6.45, 7) is 3.25. The van der Waals surface area contributed by atoms with Gasteiger partial charge in [-0.1, -0.05) is 24.4 Å². The van der Waals surface area contributed by atoms with Crippen LogP contribution in [-0.4, -0.2) is 36.1 Å². The lowest BCUT2D eigenvalue weighted by Crippen LogP contribution is -2.41. The first-order chi connectivity index (χ1) is 9.95. The van der Waals surface area contributed by atoms with Crippen LogP contribution in [0.2, 0.25) is 0 Å². The fraction of sp³-hybridized carbons (Fsp3) is 0.357. The normalized spacial score (nSPS) is 11.3. The van der Waals surface area contributed by atoms with Gasteiger partial charge < -0.3 is 20.5 Å². The minimum Gasteiger partial charge on any atom is -0.483 e. The van der Waals surface area contributed by atoms with Gasteiger partial charge in [0.05, 0.1) is 12.2 Å². The van der Waals surface area contributed by atoms with Crippen molar-refractivity contribution in [2.45, 2.75) is 19.9 Å². The highest BCUT2D eigenvalue weighted by Gasteiger charge is 2.17. The van der Waals surface area contributed by atoms with Gasteiger partial charge in [0.1, 0.15) is 16.8 Å². The number of benzene rings is 1. The van der Waals surface area contributed by atoms with E-state index < -0.39 is 17.9 Å². The van der Waals surface area contributed by atoms with E-state index in [1.54, 1.807) is 38.1 Å². The van der Waals surface area contributed by atoms with Gasteiger partial charge in [0.15, 0.2) is 6.61 Å². The Morgan fingerprint density at radius 3 is 2.67 bits per heavy atom. The van der Waals surface area contributed by atoms with Crippen molar-refractivity contribution in [2.24, 2.45) is 5.73 Å². The fourth-order valence-corrected chi connectivity index (χ4v) is 1.72. The standard InChI is InChI=1S/C14H18N2O4S/c1-3-19-14(18)9(2)16-12(17)8-20-11-7-5-4-6-10(11)13(15)21/h4-7,9H,3,8H2,1-2H3,(H2,15,21)(H,16,17). The Morgan fingerprint density at radius 2 is 2.05 bits per heavy atom. The number of amides is 1. The second-order valence-electron chi connectivity index (χ2n) is 4.19. The number of nitrogens with two attached hydrogens (primary N) is 1. The number of rotatable bonds is 7. The van der Waals surface area contributed by atoms with Crippen LogP contribution in [0.3, 0.4) is 0 Å². The summed E-state index contributed by atoms with van der Waals surface area (Å²) in [6, 6.07) is 6.15. The molecule has 0 saturated heterocycles. The number of ether oxygens (including phenoxy) is 2. The maximum absolute atomic E-state index is 11.7. The molecule has 0 bridgehead atoms. The summed E-state index contributed by atoms with van der Waals surface area (Å²) in [5.41, 5.74) is 6.12. The van der Waals surface area contributed by atoms with Crippen molar-refractivity contribution >= 4 is 29.1 Å². The van der Waals surface area contributed by atoms with Crippen molar-refractivity contribution in [3.8, 4) is 5.75 Å². The zero-order valence-electron chi connectivity index (χ0n) is 11.9. The topological polar surface area (TPSA) is 90.6 Å². The summed E-state index contributed by atoms with van der Waals surface area (Å²) in [5, 5.41) is 2.48. The maximum atomic E-state index is 11.7. The Bertz CT molecular complexity index is 533. The van der Waals surface area contributed by atoms with Crippen LogP contribution in [0.4, 0.5) is 0 Å². The van der Waals surface area contributed by atoms with Crippen molar-refractivity contribution in [3.05, 3.63) is 29.8 Å². The molecule has 3 N–H and O–H groups in total. The molecule has 1 amide bonds. The summed E-state index contributed by atoms with van der Waals surface area (Å²) >= 11 is 4.90. The van der Waals surface area contributed by atoms with E-state index in [0.29, 0.717) is 11.3 Å². The van der Waals surface area contributed by atoms with Gasteiger partial charge in [-0.25, -0.2) is 4.79 Å². The molecule has 0 fully saturated rings. The number of hydrogen-bond acceptors (Lipinski definition) is 5. The molecule has 0 aromatic heterocycles. The van der Waals surface area contributed by atoms with E-state index in [4.69, 9.17) is 27.4 Å². The molecular weight excluding hydrogens is 292 g/mol. The molecule has 21 heavy (non-hydrogen) atoms. The molecule has 1 aromatic rings. The third-order valence-electron chi connectivity index (χ3n) is 2.53. The molecule has 1 atom stereocenters. The molecule has 0 spiro atoms. The van der Waals surface area contributed by atoms with Crippen LogP contribution >= 0.6 is 12.2 Å². The molecule has 1 aromatic carbocycles. The molecular formula is C14H18N2O4S. The number of hydrogen-bond donors (Lipinski definition) is 2. The second kappa shape index (κ2) is 8.21. The molecule has 0 aliphatic heterocycles. The number of esters is 1. The van der Waals surface area contributed by atoms with Crippen molar-refractivity contribution < 1.29 is 19.1 Å². The zero-order valence-corrected chi connectivity index (χ0v) is 12.7. The Hall–Kier alpha value is -2.15.